The zero-order valence-corrected chi connectivity index (χ0v) is 17.4. The largest absolute Gasteiger partial charge is 0.372 e. The summed E-state index contributed by atoms with van der Waals surface area (Å²) >= 11 is 0. The minimum absolute atomic E-state index is 0.00313. The SMILES string of the molecule is Cc1ccc(NC(=O)/C=C/c2ccc(N3CCCCCC3)cc2)cc1S(N)(=O)=O. The maximum atomic E-state index is 12.2. The van der Waals surface area contributed by atoms with Crippen LogP contribution in [0.5, 0.6) is 0 Å². The Balaban J connectivity index is 1.63. The molecular weight excluding hydrogens is 386 g/mol. The molecule has 3 rings (SSSR count). The summed E-state index contributed by atoms with van der Waals surface area (Å²) in [5, 5.41) is 7.88. The molecule has 0 spiro atoms. The Labute approximate surface area is 172 Å². The van der Waals surface area contributed by atoms with E-state index in [0.29, 0.717) is 11.3 Å². The van der Waals surface area contributed by atoms with Crippen molar-refractivity contribution in [3.8, 4) is 0 Å². The van der Waals surface area contributed by atoms with Crippen molar-refractivity contribution in [1.82, 2.24) is 0 Å². The van der Waals surface area contributed by atoms with E-state index in [0.717, 1.165) is 18.7 Å². The third-order valence-corrected chi connectivity index (χ3v) is 6.11. The number of carbonyl (C=O) groups is 1. The Hall–Kier alpha value is -2.64. The second-order valence-electron chi connectivity index (χ2n) is 7.34. The molecule has 2 aromatic rings. The van der Waals surface area contributed by atoms with Gasteiger partial charge in [-0.05, 0) is 61.2 Å². The molecule has 0 aliphatic carbocycles. The highest BCUT2D eigenvalue weighted by Gasteiger charge is 2.13. The van der Waals surface area contributed by atoms with Crippen LogP contribution in [0.25, 0.3) is 6.08 Å². The molecule has 6 nitrogen and oxygen atoms in total. The highest BCUT2D eigenvalue weighted by Crippen LogP contribution is 2.21. The van der Waals surface area contributed by atoms with Gasteiger partial charge >= 0.3 is 0 Å². The Bertz CT molecular complexity index is 990. The van der Waals surface area contributed by atoms with Crippen molar-refractivity contribution >= 4 is 33.4 Å². The Kier molecular flexibility index (Phi) is 6.71. The summed E-state index contributed by atoms with van der Waals surface area (Å²) in [5.74, 6) is -0.342. The molecule has 0 unspecified atom stereocenters. The third kappa shape index (κ3) is 5.92. The normalized spacial score (nSPS) is 15.3. The molecule has 0 aromatic heterocycles. The van der Waals surface area contributed by atoms with Crippen LogP contribution in [0.15, 0.2) is 53.4 Å². The van der Waals surface area contributed by atoms with E-state index < -0.39 is 10.0 Å². The van der Waals surface area contributed by atoms with Crippen molar-refractivity contribution in [2.45, 2.75) is 37.5 Å². The van der Waals surface area contributed by atoms with Gasteiger partial charge in [0.15, 0.2) is 0 Å². The number of nitrogens with zero attached hydrogens (tertiary/aromatic N) is 1. The number of nitrogens with one attached hydrogen (secondary N) is 1. The first-order valence-electron chi connectivity index (χ1n) is 9.80. The molecule has 1 heterocycles. The van der Waals surface area contributed by atoms with Gasteiger partial charge in [-0.25, -0.2) is 13.6 Å². The lowest BCUT2D eigenvalue weighted by Crippen LogP contribution is -2.23. The van der Waals surface area contributed by atoms with Crippen LogP contribution < -0.4 is 15.4 Å². The summed E-state index contributed by atoms with van der Waals surface area (Å²) in [6.07, 6.45) is 8.22. The molecule has 3 N–H and O–H groups in total. The quantitative estimate of drug-likeness (QED) is 0.732. The lowest BCUT2D eigenvalue weighted by molar-refractivity contribution is -0.111. The van der Waals surface area contributed by atoms with Gasteiger partial charge in [-0.15, -0.1) is 0 Å². The van der Waals surface area contributed by atoms with Crippen LogP contribution in [0.3, 0.4) is 0 Å². The first-order valence-corrected chi connectivity index (χ1v) is 11.3. The molecule has 0 atom stereocenters. The molecule has 154 valence electrons. The number of carbonyl (C=O) groups excluding carboxylic acids is 1. The van der Waals surface area contributed by atoms with Crippen molar-refractivity contribution in [2.24, 2.45) is 5.14 Å². The van der Waals surface area contributed by atoms with Crippen LogP contribution in [0, 0.1) is 6.92 Å². The fraction of sp³-hybridized carbons (Fsp3) is 0.318. The first-order chi connectivity index (χ1) is 13.8. The van der Waals surface area contributed by atoms with Gasteiger partial charge < -0.3 is 10.2 Å². The Morgan fingerprint density at radius 2 is 1.69 bits per heavy atom. The highest BCUT2D eigenvalue weighted by molar-refractivity contribution is 7.89. The Morgan fingerprint density at radius 3 is 2.31 bits per heavy atom. The Morgan fingerprint density at radius 1 is 1.03 bits per heavy atom. The van der Waals surface area contributed by atoms with Crippen molar-refractivity contribution in [3.63, 3.8) is 0 Å². The van der Waals surface area contributed by atoms with Gasteiger partial charge in [-0.1, -0.05) is 31.0 Å². The van der Waals surface area contributed by atoms with Crippen LogP contribution in [-0.4, -0.2) is 27.4 Å². The molecule has 1 fully saturated rings. The molecular formula is C22H27N3O3S. The number of amides is 1. The number of hydrogen-bond donors (Lipinski definition) is 2. The maximum absolute atomic E-state index is 12.2. The fourth-order valence-electron chi connectivity index (χ4n) is 3.47. The predicted octanol–water partition coefficient (Wildman–Crippen LogP) is 3.67. The van der Waals surface area contributed by atoms with E-state index in [-0.39, 0.29) is 10.8 Å². The molecule has 0 radical (unpaired) electrons. The van der Waals surface area contributed by atoms with E-state index in [1.54, 1.807) is 25.1 Å². The molecule has 1 saturated heterocycles. The van der Waals surface area contributed by atoms with Gasteiger partial charge in [0, 0.05) is 30.5 Å². The van der Waals surface area contributed by atoms with Gasteiger partial charge in [-0.3, -0.25) is 4.79 Å². The van der Waals surface area contributed by atoms with Crippen molar-refractivity contribution in [2.75, 3.05) is 23.3 Å². The smallest absolute Gasteiger partial charge is 0.248 e. The van der Waals surface area contributed by atoms with Gasteiger partial charge in [-0.2, -0.15) is 0 Å². The fourth-order valence-corrected chi connectivity index (χ4v) is 4.27. The first kappa shape index (κ1) is 21.1. The summed E-state index contributed by atoms with van der Waals surface area (Å²) in [5.41, 5.74) is 3.05. The zero-order chi connectivity index (χ0) is 20.9. The number of rotatable bonds is 5. The molecule has 2 aromatic carbocycles. The van der Waals surface area contributed by atoms with E-state index >= 15 is 0 Å². The number of primary sulfonamides is 1. The number of aryl methyl sites for hydroxylation is 1. The molecule has 0 saturated carbocycles. The van der Waals surface area contributed by atoms with Gasteiger partial charge in [0.2, 0.25) is 15.9 Å². The second-order valence-corrected chi connectivity index (χ2v) is 8.87. The van der Waals surface area contributed by atoms with Crippen molar-refractivity contribution in [3.05, 3.63) is 59.7 Å². The van der Waals surface area contributed by atoms with E-state index in [4.69, 9.17) is 5.14 Å². The molecule has 29 heavy (non-hydrogen) atoms. The van der Waals surface area contributed by atoms with Gasteiger partial charge in [0.05, 0.1) is 4.90 Å². The summed E-state index contributed by atoms with van der Waals surface area (Å²) in [7, 11) is -3.84. The molecule has 1 amide bonds. The number of anilines is 2. The topological polar surface area (TPSA) is 92.5 Å². The number of sulfonamides is 1. The number of nitrogens with two attached hydrogens (primary N) is 1. The summed E-state index contributed by atoms with van der Waals surface area (Å²) in [6.45, 7) is 3.84. The van der Waals surface area contributed by atoms with Gasteiger partial charge in [0.1, 0.15) is 0 Å². The van der Waals surface area contributed by atoms with E-state index in [9.17, 15) is 13.2 Å². The van der Waals surface area contributed by atoms with Crippen molar-refractivity contribution < 1.29 is 13.2 Å². The number of hydrogen-bond acceptors (Lipinski definition) is 4. The standard InChI is InChI=1S/C22H27N3O3S/c1-17-6-10-19(16-21(17)29(23,27)28)24-22(26)13-9-18-7-11-20(12-8-18)25-14-4-2-3-5-15-25/h6-13,16H,2-5,14-15H2,1H3,(H,24,26)(H2,23,27,28)/b13-9+. The lowest BCUT2D eigenvalue weighted by Gasteiger charge is -2.22. The van der Waals surface area contributed by atoms with Gasteiger partial charge in [0.25, 0.3) is 0 Å². The molecule has 7 heteroatoms. The molecule has 1 aliphatic rings. The zero-order valence-electron chi connectivity index (χ0n) is 16.6. The third-order valence-electron chi connectivity index (χ3n) is 5.05. The average Bonchev–Trinajstić information content (AvgIpc) is 2.97. The van der Waals surface area contributed by atoms with Crippen LogP contribution >= 0.6 is 0 Å². The van der Waals surface area contributed by atoms with E-state index in [1.165, 1.54) is 43.5 Å². The minimum atomic E-state index is -3.84. The van der Waals surface area contributed by atoms with E-state index in [1.807, 2.05) is 12.1 Å². The van der Waals surface area contributed by atoms with Crippen LogP contribution in [0.2, 0.25) is 0 Å². The van der Waals surface area contributed by atoms with Crippen LogP contribution in [-0.2, 0) is 14.8 Å². The molecule has 1 aliphatic heterocycles. The van der Waals surface area contributed by atoms with Crippen LogP contribution in [0.4, 0.5) is 11.4 Å². The monoisotopic (exact) mass is 413 g/mol. The summed E-state index contributed by atoms with van der Waals surface area (Å²) in [6, 6.07) is 12.8. The minimum Gasteiger partial charge on any atom is -0.372 e. The second kappa shape index (κ2) is 9.24. The summed E-state index contributed by atoms with van der Waals surface area (Å²) in [4.78, 5) is 14.6. The highest BCUT2D eigenvalue weighted by atomic mass is 32.2. The van der Waals surface area contributed by atoms with Crippen LogP contribution in [0.1, 0.15) is 36.8 Å². The van der Waals surface area contributed by atoms with Crippen molar-refractivity contribution in [1.29, 1.82) is 0 Å². The lowest BCUT2D eigenvalue weighted by atomic mass is 10.1. The number of benzene rings is 2. The maximum Gasteiger partial charge on any atom is 0.248 e. The predicted molar refractivity (Wildman–Crippen MR) is 117 cm³/mol. The average molecular weight is 414 g/mol. The van der Waals surface area contributed by atoms with E-state index in [2.05, 4.69) is 22.3 Å². The summed E-state index contributed by atoms with van der Waals surface area (Å²) < 4.78 is 23.2. The molecule has 0 bridgehead atoms.